The Labute approximate surface area is 249 Å². The smallest absolute Gasteiger partial charge is 0.262 e. The Morgan fingerprint density at radius 3 is 2.29 bits per heavy atom. The Bertz CT molecular complexity index is 2010. The summed E-state index contributed by atoms with van der Waals surface area (Å²) in [7, 11) is 0. The molecule has 42 heavy (non-hydrogen) atoms. The monoisotopic (exact) mass is 565 g/mol. The van der Waals surface area contributed by atoms with Gasteiger partial charge in [0.1, 0.15) is 0 Å². The Hall–Kier alpha value is -4.80. The van der Waals surface area contributed by atoms with Gasteiger partial charge in [-0.2, -0.15) is 0 Å². The van der Waals surface area contributed by atoms with Crippen LogP contribution in [0.2, 0.25) is 5.02 Å². The van der Waals surface area contributed by atoms with E-state index < -0.39 is 5.54 Å². The number of anilines is 2. The van der Waals surface area contributed by atoms with E-state index in [1.165, 1.54) is 11.1 Å². The average molecular weight is 566 g/mol. The minimum absolute atomic E-state index is 0.0127. The first-order valence-corrected chi connectivity index (χ1v) is 14.6. The molecule has 2 aliphatic rings. The number of nitrogens with zero attached hydrogens (tertiary/aromatic N) is 2. The van der Waals surface area contributed by atoms with Crippen molar-refractivity contribution in [1.82, 2.24) is 4.57 Å². The molecular weight excluding hydrogens is 538 g/mol. The third kappa shape index (κ3) is 3.52. The molecule has 2 aliphatic heterocycles. The molecule has 5 heteroatoms. The summed E-state index contributed by atoms with van der Waals surface area (Å²) in [5, 5.41) is 5.45. The molecule has 0 saturated carbocycles. The average Bonchev–Trinajstić information content (AvgIpc) is 3.46. The minimum atomic E-state index is -1.12. The zero-order valence-electron chi connectivity index (χ0n) is 23.1. The van der Waals surface area contributed by atoms with Crippen LogP contribution in [-0.4, -0.2) is 10.5 Å². The summed E-state index contributed by atoms with van der Waals surface area (Å²) < 4.78 is 2.31. The van der Waals surface area contributed by atoms with Crippen LogP contribution in [0.1, 0.15) is 27.8 Å². The van der Waals surface area contributed by atoms with E-state index in [9.17, 15) is 0 Å². The summed E-state index contributed by atoms with van der Waals surface area (Å²) >= 11 is 7.02. The Morgan fingerprint density at radius 1 is 0.738 bits per heavy atom. The Morgan fingerprint density at radius 2 is 1.45 bits per heavy atom. The van der Waals surface area contributed by atoms with Gasteiger partial charge in [-0.15, -0.1) is 0 Å². The number of aryl methyl sites for hydroxylation is 1. The second-order valence-corrected chi connectivity index (χ2v) is 11.7. The van der Waals surface area contributed by atoms with Gasteiger partial charge >= 0.3 is 0 Å². The van der Waals surface area contributed by atoms with Crippen molar-refractivity contribution < 1.29 is 4.79 Å². The molecule has 1 aromatic heterocycles. The molecule has 1 unspecified atom stereocenters. The second-order valence-electron chi connectivity index (χ2n) is 11.2. The number of amides is 1. The van der Waals surface area contributed by atoms with Crippen molar-refractivity contribution >= 4 is 39.8 Å². The molecule has 0 radical (unpaired) electrons. The second kappa shape index (κ2) is 9.37. The third-order valence-corrected chi connectivity index (χ3v) is 9.03. The van der Waals surface area contributed by atoms with E-state index in [1.807, 2.05) is 41.3 Å². The number of hydrogen-bond donors (Lipinski definition) is 1. The predicted molar refractivity (Wildman–Crippen MR) is 171 cm³/mol. The number of aromatic nitrogens is 1. The molecule has 1 atom stereocenters. The quantitative estimate of drug-likeness (QED) is 0.232. The molecule has 1 spiro atoms. The highest BCUT2D eigenvalue weighted by Gasteiger charge is 2.57. The fraction of sp³-hybridized carbons (Fsp3) is 0.108. The number of para-hydroxylation sites is 3. The lowest BCUT2D eigenvalue weighted by Crippen LogP contribution is -2.48. The molecule has 1 amide bonds. The summed E-state index contributed by atoms with van der Waals surface area (Å²) in [6.45, 7) is 3.19. The number of benzene rings is 5. The van der Waals surface area contributed by atoms with Gasteiger partial charge in [0.15, 0.2) is 5.54 Å². The third-order valence-electron chi connectivity index (χ3n) is 8.72. The first-order chi connectivity index (χ1) is 20.6. The maximum atomic E-state index is 15.1. The topological polar surface area (TPSA) is 37.3 Å². The van der Waals surface area contributed by atoms with Crippen molar-refractivity contribution in [1.29, 1.82) is 0 Å². The number of hydrogen-bond acceptors (Lipinski definition) is 2. The van der Waals surface area contributed by atoms with E-state index in [4.69, 9.17) is 11.6 Å². The van der Waals surface area contributed by atoms with E-state index in [0.29, 0.717) is 18.1 Å². The van der Waals surface area contributed by atoms with E-state index in [2.05, 4.69) is 102 Å². The van der Waals surface area contributed by atoms with Gasteiger partial charge in [0, 0.05) is 34.3 Å². The van der Waals surface area contributed by atoms with Crippen LogP contribution in [0.4, 0.5) is 11.4 Å². The summed E-state index contributed by atoms with van der Waals surface area (Å²) in [4.78, 5) is 17.0. The highest BCUT2D eigenvalue weighted by molar-refractivity contribution is 6.36. The van der Waals surface area contributed by atoms with Crippen LogP contribution in [0.3, 0.4) is 0 Å². The molecule has 0 aliphatic carbocycles. The summed E-state index contributed by atoms with van der Waals surface area (Å²) in [5.41, 5.74) is 9.12. The summed E-state index contributed by atoms with van der Waals surface area (Å²) in [5.74, 6) is 0.0127. The summed E-state index contributed by atoms with van der Waals surface area (Å²) in [6, 6.07) is 41.4. The van der Waals surface area contributed by atoms with Gasteiger partial charge < -0.3 is 14.8 Å². The van der Waals surface area contributed by atoms with Gasteiger partial charge in [0.2, 0.25) is 0 Å². The van der Waals surface area contributed by atoms with Gasteiger partial charge in [-0.3, -0.25) is 4.79 Å². The molecular formula is C37H28ClN3O. The van der Waals surface area contributed by atoms with Crippen LogP contribution in [-0.2, 0) is 23.4 Å². The Kier molecular flexibility index (Phi) is 5.56. The van der Waals surface area contributed by atoms with Gasteiger partial charge in [0.05, 0.1) is 28.5 Å². The lowest BCUT2D eigenvalue weighted by Gasteiger charge is -2.37. The van der Waals surface area contributed by atoms with Crippen LogP contribution >= 0.6 is 11.6 Å². The maximum absolute atomic E-state index is 15.1. The molecule has 204 valence electrons. The zero-order chi connectivity index (χ0) is 28.4. The Balaban J connectivity index is 1.43. The standard InChI is InChI=1S/C37H28ClN3O/c1-24-18-20-26(21-19-24)22-40-32-17-8-6-14-29(32)37(36(40)42)33-28-13-9-15-30(38)34(28)41(23-25-10-3-2-4-11-25)35(33)27-12-5-7-16-31(27)39-37/h2-21,39H,22-23H2,1H3. The maximum Gasteiger partial charge on any atom is 0.262 e. The fourth-order valence-electron chi connectivity index (χ4n) is 6.86. The lowest BCUT2D eigenvalue weighted by molar-refractivity contribution is -0.121. The molecule has 0 saturated heterocycles. The number of halogens is 1. The van der Waals surface area contributed by atoms with Crippen molar-refractivity contribution in [3.8, 4) is 11.3 Å². The van der Waals surface area contributed by atoms with Crippen molar-refractivity contribution in [3.63, 3.8) is 0 Å². The van der Waals surface area contributed by atoms with E-state index in [1.54, 1.807) is 0 Å². The lowest BCUT2D eigenvalue weighted by atomic mass is 9.77. The van der Waals surface area contributed by atoms with Crippen LogP contribution in [0.15, 0.2) is 121 Å². The summed E-state index contributed by atoms with van der Waals surface area (Å²) in [6.07, 6.45) is 0. The van der Waals surface area contributed by atoms with E-state index in [0.717, 1.165) is 50.2 Å². The first kappa shape index (κ1) is 25.0. The van der Waals surface area contributed by atoms with Gasteiger partial charge in [0.25, 0.3) is 5.91 Å². The molecule has 0 fully saturated rings. The number of carbonyl (C=O) groups is 1. The van der Waals surface area contributed by atoms with E-state index >= 15 is 4.79 Å². The molecule has 5 aromatic carbocycles. The van der Waals surface area contributed by atoms with Crippen molar-refractivity contribution in [2.75, 3.05) is 10.2 Å². The van der Waals surface area contributed by atoms with E-state index in [-0.39, 0.29) is 5.91 Å². The predicted octanol–water partition coefficient (Wildman–Crippen LogP) is 8.53. The SMILES string of the molecule is Cc1ccc(CN2C(=O)C3(Nc4ccccc4-c4c3c3cccc(Cl)c3n4Cc3ccccc3)c3ccccc32)cc1. The fourth-order valence-corrected chi connectivity index (χ4v) is 7.14. The molecule has 0 bridgehead atoms. The zero-order valence-corrected chi connectivity index (χ0v) is 23.9. The van der Waals surface area contributed by atoms with Crippen molar-refractivity contribution in [3.05, 3.63) is 154 Å². The number of carbonyl (C=O) groups excluding carboxylic acids is 1. The highest BCUT2D eigenvalue weighted by atomic mass is 35.5. The normalized spacial score (nSPS) is 16.8. The molecule has 6 aromatic rings. The molecule has 8 rings (SSSR count). The number of rotatable bonds is 4. The van der Waals surface area contributed by atoms with Crippen LogP contribution in [0.5, 0.6) is 0 Å². The number of fused-ring (bicyclic) bond motifs is 8. The van der Waals surface area contributed by atoms with Crippen molar-refractivity contribution in [2.45, 2.75) is 25.6 Å². The molecule has 3 heterocycles. The molecule has 1 N–H and O–H groups in total. The largest absolute Gasteiger partial charge is 0.363 e. The van der Waals surface area contributed by atoms with Crippen LogP contribution < -0.4 is 10.2 Å². The van der Waals surface area contributed by atoms with Gasteiger partial charge in [-0.25, -0.2) is 0 Å². The van der Waals surface area contributed by atoms with Crippen LogP contribution in [0, 0.1) is 6.92 Å². The van der Waals surface area contributed by atoms with Gasteiger partial charge in [-0.1, -0.05) is 120 Å². The first-order valence-electron chi connectivity index (χ1n) is 14.3. The van der Waals surface area contributed by atoms with Crippen molar-refractivity contribution in [2.24, 2.45) is 0 Å². The van der Waals surface area contributed by atoms with Crippen LogP contribution in [0.25, 0.3) is 22.2 Å². The highest BCUT2D eigenvalue weighted by Crippen LogP contribution is 2.56. The van der Waals surface area contributed by atoms with Gasteiger partial charge in [-0.05, 0) is 36.2 Å². The molecule has 4 nitrogen and oxygen atoms in total. The number of nitrogens with one attached hydrogen (secondary N) is 1. The minimum Gasteiger partial charge on any atom is -0.363 e.